The molecule has 10 aromatic rings. The third-order valence-corrected chi connectivity index (χ3v) is 16.6. The van der Waals surface area contributed by atoms with Crippen LogP contribution in [0.15, 0.2) is 133 Å². The molecule has 0 aromatic heterocycles. The van der Waals surface area contributed by atoms with E-state index in [0.29, 0.717) is 13.2 Å². The monoisotopic (exact) mass is 934 g/mol. The van der Waals surface area contributed by atoms with Gasteiger partial charge in [0.1, 0.15) is 12.2 Å². The van der Waals surface area contributed by atoms with E-state index in [9.17, 15) is 0 Å². The molecule has 13 rings (SSSR count). The molecule has 3 unspecified atom stereocenters. The van der Waals surface area contributed by atoms with Gasteiger partial charge < -0.3 is 18.9 Å². The Kier molecular flexibility index (Phi) is 10.7. The van der Waals surface area contributed by atoms with Crippen LogP contribution in [0.2, 0.25) is 0 Å². The zero-order valence-electron chi connectivity index (χ0n) is 42.6. The fourth-order valence-electron chi connectivity index (χ4n) is 12.7. The minimum atomic E-state index is -0.415. The summed E-state index contributed by atoms with van der Waals surface area (Å²) in [4.78, 5) is 0. The summed E-state index contributed by atoms with van der Waals surface area (Å²) in [6, 6.07) is 52.7. The van der Waals surface area contributed by atoms with Crippen LogP contribution in [0, 0.1) is 0 Å². The van der Waals surface area contributed by atoms with Crippen molar-refractivity contribution in [2.75, 3.05) is 33.0 Å². The van der Waals surface area contributed by atoms with E-state index in [-0.39, 0.29) is 29.1 Å². The summed E-state index contributed by atoms with van der Waals surface area (Å²) in [5.74, 6) is 0. The van der Waals surface area contributed by atoms with Gasteiger partial charge in [0.15, 0.2) is 0 Å². The van der Waals surface area contributed by atoms with Crippen LogP contribution in [-0.4, -0.2) is 51.3 Å². The van der Waals surface area contributed by atoms with E-state index in [0.717, 1.165) is 51.9 Å². The molecule has 4 nitrogen and oxygen atoms in total. The second-order valence-electron chi connectivity index (χ2n) is 23.4. The minimum Gasteiger partial charge on any atom is -0.379 e. The number of fused-ring (bicyclic) bond motifs is 3. The highest BCUT2D eigenvalue weighted by Gasteiger charge is 2.49. The molecule has 2 aliphatic heterocycles. The second kappa shape index (κ2) is 16.9. The fraction of sp³-hybridized carbons (Fsp3) is 0.343. The van der Waals surface area contributed by atoms with E-state index in [1.807, 2.05) is 0 Å². The third kappa shape index (κ3) is 7.63. The average molecular weight is 935 g/mol. The lowest BCUT2D eigenvalue weighted by atomic mass is 9.68. The Morgan fingerprint density at radius 2 is 0.944 bits per heavy atom. The molecule has 2 heterocycles. The molecular formula is C67H66O4. The molecule has 1 aliphatic carbocycles. The quantitative estimate of drug-likeness (QED) is 0.0584. The van der Waals surface area contributed by atoms with E-state index in [1.54, 1.807) is 0 Å². The van der Waals surface area contributed by atoms with Crippen molar-refractivity contribution in [2.24, 2.45) is 0 Å². The van der Waals surface area contributed by atoms with Crippen LogP contribution < -0.4 is 0 Å². The number of hydrogen-bond donors (Lipinski definition) is 0. The number of hydrogen-bond acceptors (Lipinski definition) is 4. The maximum atomic E-state index is 7.31. The van der Waals surface area contributed by atoms with Gasteiger partial charge in [-0.3, -0.25) is 0 Å². The summed E-state index contributed by atoms with van der Waals surface area (Å²) in [7, 11) is 0. The van der Waals surface area contributed by atoms with Gasteiger partial charge in [-0.1, -0.05) is 176 Å². The molecule has 0 amide bonds. The van der Waals surface area contributed by atoms with E-state index in [2.05, 4.69) is 182 Å². The summed E-state index contributed by atoms with van der Waals surface area (Å²) >= 11 is 0. The van der Waals surface area contributed by atoms with Crippen LogP contribution in [0.25, 0.3) is 98.0 Å². The lowest BCUT2D eigenvalue weighted by Crippen LogP contribution is -2.42. The number of ether oxygens (including phenoxy) is 4. The van der Waals surface area contributed by atoms with Gasteiger partial charge in [-0.2, -0.15) is 0 Å². The van der Waals surface area contributed by atoms with Gasteiger partial charge in [0.05, 0.1) is 32.5 Å². The van der Waals surface area contributed by atoms with Crippen LogP contribution in [0.3, 0.4) is 0 Å². The maximum absolute atomic E-state index is 7.31. The predicted octanol–water partition coefficient (Wildman–Crippen LogP) is 16.8. The second-order valence-corrected chi connectivity index (χ2v) is 23.4. The maximum Gasteiger partial charge on any atom is 0.104 e. The number of unbranched alkanes of at least 4 members (excludes halogenated alkanes) is 1. The molecule has 3 atom stereocenters. The van der Waals surface area contributed by atoms with Crippen molar-refractivity contribution in [3.8, 4) is 33.4 Å². The molecule has 0 spiro atoms. The number of rotatable bonds is 15. The lowest BCUT2D eigenvalue weighted by Gasteiger charge is -2.40. The molecule has 3 aliphatic rings. The van der Waals surface area contributed by atoms with Crippen molar-refractivity contribution in [3.63, 3.8) is 0 Å². The Labute approximate surface area is 418 Å². The van der Waals surface area contributed by atoms with Gasteiger partial charge >= 0.3 is 0 Å². The fourth-order valence-corrected chi connectivity index (χ4v) is 12.7. The van der Waals surface area contributed by atoms with Crippen molar-refractivity contribution < 1.29 is 18.9 Å². The average Bonchev–Trinajstić information content (AvgIpc) is 4.33. The van der Waals surface area contributed by atoms with Crippen LogP contribution in [0.5, 0.6) is 0 Å². The topological polar surface area (TPSA) is 43.5 Å². The molecule has 4 heteroatoms. The molecule has 0 radical (unpaired) electrons. The molecule has 0 saturated carbocycles. The van der Waals surface area contributed by atoms with Crippen LogP contribution in [-0.2, 0) is 35.2 Å². The molecule has 0 bridgehead atoms. The third-order valence-electron chi connectivity index (χ3n) is 16.6. The van der Waals surface area contributed by atoms with Crippen molar-refractivity contribution in [3.05, 3.63) is 156 Å². The summed E-state index contributed by atoms with van der Waals surface area (Å²) in [6.07, 6.45) is 5.26. The number of epoxide rings is 2. The Bertz CT molecular complexity index is 3420. The van der Waals surface area contributed by atoms with Crippen molar-refractivity contribution in [1.82, 2.24) is 0 Å². The van der Waals surface area contributed by atoms with Gasteiger partial charge in [0.25, 0.3) is 0 Å². The first-order chi connectivity index (χ1) is 34.4. The highest BCUT2D eigenvalue weighted by molar-refractivity contribution is 6.27. The first kappa shape index (κ1) is 45.0. The predicted molar refractivity (Wildman–Crippen MR) is 297 cm³/mol. The van der Waals surface area contributed by atoms with Gasteiger partial charge in [-0.05, 0) is 169 Å². The highest BCUT2D eigenvalue weighted by Crippen LogP contribution is 2.57. The van der Waals surface area contributed by atoms with Crippen LogP contribution in [0.1, 0.15) is 103 Å². The summed E-state index contributed by atoms with van der Waals surface area (Å²) in [6.45, 7) is 19.8. The highest BCUT2D eigenvalue weighted by atomic mass is 16.6. The summed E-state index contributed by atoms with van der Waals surface area (Å²) < 4.78 is 24.8. The van der Waals surface area contributed by atoms with E-state index >= 15 is 0 Å². The van der Waals surface area contributed by atoms with Crippen LogP contribution >= 0.6 is 0 Å². The Hall–Kier alpha value is -5.88. The van der Waals surface area contributed by atoms with Crippen LogP contribution in [0.4, 0.5) is 0 Å². The van der Waals surface area contributed by atoms with Crippen molar-refractivity contribution in [1.29, 1.82) is 0 Å². The molecule has 2 saturated heterocycles. The Morgan fingerprint density at radius 1 is 0.507 bits per heavy atom. The standard InChI is InChI=1S/C67H66O4/c1-8-11-60(71-39-51-38-70-51)67(28-9-10-29-68-36-50-37-69-50)58-34-42(52-22-16-40-12-14-44-30-48(65(2,3)4)32-46-20-26-56(52)63(40)61(44)46)18-24-54(58)55-25-19-43(35-59(55)67)53-23-17-41-13-15-45-31-49(66(5,6)7)33-47-21-27-57(53)64(41)62(45)47/h12-27,30-35,50-51,60H,8-11,28-29,36-39H2,1-7H3. The molecule has 10 aromatic carbocycles. The SMILES string of the molecule is CCCC(OCC1CO1)C1(CCCCOCC2CO2)c2cc(-c3ccc4ccc5cc(C(C)(C)C)cc6ccc3c4c56)ccc2-c2ccc(-c3ccc4ccc5cc(C(C)(C)C)cc6ccc3c4c56)cc21. The summed E-state index contributed by atoms with van der Waals surface area (Å²) in [5.41, 5.74) is 12.9. The molecular weight excluding hydrogens is 869 g/mol. The van der Waals surface area contributed by atoms with Gasteiger partial charge in [0.2, 0.25) is 0 Å². The van der Waals surface area contributed by atoms with Gasteiger partial charge in [-0.25, -0.2) is 0 Å². The summed E-state index contributed by atoms with van der Waals surface area (Å²) in [5, 5.41) is 15.9. The first-order valence-electron chi connectivity index (χ1n) is 26.5. The van der Waals surface area contributed by atoms with E-state index in [1.165, 1.54) is 120 Å². The smallest absolute Gasteiger partial charge is 0.104 e. The normalized spacial score (nSPS) is 17.9. The first-order valence-corrected chi connectivity index (χ1v) is 26.5. The minimum absolute atomic E-state index is 0.0558. The number of benzene rings is 10. The van der Waals surface area contributed by atoms with Gasteiger partial charge in [0, 0.05) is 12.0 Å². The van der Waals surface area contributed by atoms with E-state index < -0.39 is 5.41 Å². The zero-order valence-corrected chi connectivity index (χ0v) is 42.6. The Balaban J connectivity index is 0.993. The van der Waals surface area contributed by atoms with Gasteiger partial charge in [-0.15, -0.1) is 0 Å². The largest absolute Gasteiger partial charge is 0.379 e. The molecule has 358 valence electrons. The molecule has 71 heavy (non-hydrogen) atoms. The Morgan fingerprint density at radius 3 is 1.41 bits per heavy atom. The zero-order chi connectivity index (χ0) is 48.4. The van der Waals surface area contributed by atoms with Crippen molar-refractivity contribution >= 4 is 64.6 Å². The lowest BCUT2D eigenvalue weighted by molar-refractivity contribution is -0.00750. The molecule has 0 N–H and O–H groups in total. The van der Waals surface area contributed by atoms with E-state index in [4.69, 9.17) is 18.9 Å². The van der Waals surface area contributed by atoms with Crippen molar-refractivity contribution in [2.45, 2.75) is 115 Å². The molecule has 2 fully saturated rings.